The zero-order chi connectivity index (χ0) is 17.8. The smallest absolute Gasteiger partial charge is 0.256 e. The Labute approximate surface area is 146 Å². The molecule has 0 saturated carbocycles. The molecule has 0 fully saturated rings. The van der Waals surface area contributed by atoms with Crippen molar-refractivity contribution in [2.75, 3.05) is 10.6 Å². The average molecular weight is 361 g/mol. The molecule has 0 aliphatic rings. The van der Waals surface area contributed by atoms with Gasteiger partial charge in [0.1, 0.15) is 11.6 Å². The van der Waals surface area contributed by atoms with Crippen LogP contribution in [0.2, 0.25) is 5.02 Å². The van der Waals surface area contributed by atoms with Crippen molar-refractivity contribution in [1.82, 2.24) is 10.2 Å². The third kappa shape index (κ3) is 4.27. The van der Waals surface area contributed by atoms with Gasteiger partial charge in [0.05, 0.1) is 5.69 Å². The molecular weight excluding hydrogens is 350 g/mol. The summed E-state index contributed by atoms with van der Waals surface area (Å²) in [4.78, 5) is 12.1. The molecule has 0 radical (unpaired) electrons. The van der Waals surface area contributed by atoms with E-state index in [1.165, 1.54) is 18.2 Å². The first-order valence-corrected chi connectivity index (χ1v) is 7.52. The van der Waals surface area contributed by atoms with E-state index in [4.69, 9.17) is 11.6 Å². The Hall–Kier alpha value is -3.06. The summed E-state index contributed by atoms with van der Waals surface area (Å²) in [6, 6.07) is 12.5. The first kappa shape index (κ1) is 16.8. The summed E-state index contributed by atoms with van der Waals surface area (Å²) in [6.07, 6.45) is 0. The lowest BCUT2D eigenvalue weighted by Gasteiger charge is -2.07. The third-order valence-electron chi connectivity index (χ3n) is 3.21. The first-order valence-electron chi connectivity index (χ1n) is 7.14. The predicted molar refractivity (Wildman–Crippen MR) is 91.1 cm³/mol. The molecule has 0 aliphatic carbocycles. The Morgan fingerprint density at radius 1 is 0.920 bits per heavy atom. The normalized spacial score (nSPS) is 10.4. The third-order valence-corrected chi connectivity index (χ3v) is 3.46. The van der Waals surface area contributed by atoms with Gasteiger partial charge in [0.25, 0.3) is 5.91 Å². The van der Waals surface area contributed by atoms with E-state index in [0.717, 1.165) is 12.1 Å². The van der Waals surface area contributed by atoms with Gasteiger partial charge < -0.3 is 10.6 Å². The first-order chi connectivity index (χ1) is 12.0. The zero-order valence-corrected chi connectivity index (χ0v) is 13.4. The molecule has 0 bridgehead atoms. The Morgan fingerprint density at radius 2 is 1.60 bits per heavy atom. The number of aromatic nitrogens is 2. The lowest BCUT2D eigenvalue weighted by atomic mass is 10.2. The number of halogens is 3. The molecule has 0 saturated heterocycles. The molecule has 3 rings (SSSR count). The second-order valence-electron chi connectivity index (χ2n) is 5.01. The summed E-state index contributed by atoms with van der Waals surface area (Å²) in [5, 5.41) is 13.5. The highest BCUT2D eigenvalue weighted by molar-refractivity contribution is 6.30. The Morgan fingerprint density at radius 3 is 2.24 bits per heavy atom. The number of hydrogen-bond acceptors (Lipinski definition) is 4. The van der Waals surface area contributed by atoms with Crippen molar-refractivity contribution >= 4 is 34.8 Å². The van der Waals surface area contributed by atoms with Crippen molar-refractivity contribution in [3.05, 3.63) is 76.8 Å². The van der Waals surface area contributed by atoms with Crippen molar-refractivity contribution in [2.24, 2.45) is 0 Å². The van der Waals surface area contributed by atoms with Crippen LogP contribution in [0.1, 0.15) is 10.4 Å². The van der Waals surface area contributed by atoms with Crippen molar-refractivity contribution in [2.45, 2.75) is 0 Å². The fraction of sp³-hybridized carbons (Fsp3) is 0. The van der Waals surface area contributed by atoms with E-state index >= 15 is 0 Å². The fourth-order valence-corrected chi connectivity index (χ4v) is 2.11. The van der Waals surface area contributed by atoms with Crippen molar-refractivity contribution in [3.63, 3.8) is 0 Å². The van der Waals surface area contributed by atoms with Crippen LogP contribution < -0.4 is 10.6 Å². The minimum Gasteiger partial charge on any atom is -0.336 e. The van der Waals surface area contributed by atoms with Gasteiger partial charge in [0, 0.05) is 16.7 Å². The Kier molecular flexibility index (Phi) is 4.85. The number of nitrogens with one attached hydrogen (secondary N) is 2. The molecule has 0 spiro atoms. The molecular formula is C17H11ClF2N4O. The molecule has 3 aromatic rings. The minimum atomic E-state index is -0.748. The van der Waals surface area contributed by atoms with E-state index in [1.807, 2.05) is 0 Å². The number of anilines is 3. The van der Waals surface area contributed by atoms with Crippen LogP contribution in [-0.2, 0) is 0 Å². The molecule has 5 nitrogen and oxygen atoms in total. The number of benzene rings is 2. The molecule has 0 aliphatic heterocycles. The lowest BCUT2D eigenvalue weighted by molar-refractivity contribution is 0.102. The number of hydrogen-bond donors (Lipinski definition) is 2. The van der Waals surface area contributed by atoms with Gasteiger partial charge >= 0.3 is 0 Å². The molecule has 0 atom stereocenters. The number of carbonyl (C=O) groups excluding carboxylic acids is 1. The largest absolute Gasteiger partial charge is 0.336 e. The van der Waals surface area contributed by atoms with E-state index < -0.39 is 11.6 Å². The monoisotopic (exact) mass is 360 g/mol. The summed E-state index contributed by atoms with van der Waals surface area (Å²) >= 11 is 5.77. The standard InChI is InChI=1S/C17H11ClF2N4O/c18-11-3-1-10(2-4-11)17(25)22-16-8-7-15(23-24-16)21-14-6-5-12(19)9-13(14)20/h1-9H,(H,21,23)(H,22,24,25). The second-order valence-corrected chi connectivity index (χ2v) is 5.45. The van der Waals surface area contributed by atoms with Gasteiger partial charge in [-0.1, -0.05) is 11.6 Å². The molecule has 0 unspecified atom stereocenters. The van der Waals surface area contributed by atoms with Gasteiger partial charge in [0.2, 0.25) is 0 Å². The average Bonchev–Trinajstić information content (AvgIpc) is 2.59. The van der Waals surface area contributed by atoms with E-state index in [9.17, 15) is 13.6 Å². The van der Waals surface area contributed by atoms with Crippen LogP contribution in [-0.4, -0.2) is 16.1 Å². The molecule has 2 aromatic carbocycles. The van der Waals surface area contributed by atoms with E-state index in [2.05, 4.69) is 20.8 Å². The van der Waals surface area contributed by atoms with Gasteiger partial charge in [-0.15, -0.1) is 10.2 Å². The highest BCUT2D eigenvalue weighted by Crippen LogP contribution is 2.19. The molecule has 1 aromatic heterocycles. The van der Waals surface area contributed by atoms with Crippen LogP contribution in [0.3, 0.4) is 0 Å². The molecule has 1 heterocycles. The summed E-state index contributed by atoms with van der Waals surface area (Å²) in [6.45, 7) is 0. The van der Waals surface area contributed by atoms with Crippen LogP contribution >= 0.6 is 11.6 Å². The Bertz CT molecular complexity index is 902. The lowest BCUT2D eigenvalue weighted by Crippen LogP contribution is -2.13. The summed E-state index contributed by atoms with van der Waals surface area (Å²) in [5.41, 5.74) is 0.482. The van der Waals surface area contributed by atoms with Crippen LogP contribution in [0, 0.1) is 11.6 Å². The van der Waals surface area contributed by atoms with Crippen LogP contribution in [0.5, 0.6) is 0 Å². The highest BCUT2D eigenvalue weighted by atomic mass is 35.5. The number of nitrogens with zero attached hydrogens (tertiary/aromatic N) is 2. The van der Waals surface area contributed by atoms with E-state index in [-0.39, 0.29) is 23.2 Å². The molecule has 8 heteroatoms. The summed E-state index contributed by atoms with van der Waals surface area (Å²) < 4.78 is 26.5. The molecule has 1 amide bonds. The number of rotatable bonds is 4. The Balaban J connectivity index is 1.67. The number of amides is 1. The van der Waals surface area contributed by atoms with Gasteiger partial charge in [-0.2, -0.15) is 0 Å². The maximum atomic E-state index is 13.6. The van der Waals surface area contributed by atoms with Gasteiger partial charge in [-0.05, 0) is 48.5 Å². The van der Waals surface area contributed by atoms with E-state index in [0.29, 0.717) is 10.6 Å². The second kappa shape index (κ2) is 7.23. The van der Waals surface area contributed by atoms with Gasteiger partial charge in [-0.25, -0.2) is 8.78 Å². The number of carbonyl (C=O) groups is 1. The maximum Gasteiger partial charge on any atom is 0.256 e. The molecule has 2 N–H and O–H groups in total. The molecule has 126 valence electrons. The fourth-order valence-electron chi connectivity index (χ4n) is 1.98. The quantitative estimate of drug-likeness (QED) is 0.723. The zero-order valence-electron chi connectivity index (χ0n) is 12.6. The maximum absolute atomic E-state index is 13.6. The molecule has 25 heavy (non-hydrogen) atoms. The summed E-state index contributed by atoms with van der Waals surface area (Å²) in [5.74, 6) is -1.31. The van der Waals surface area contributed by atoms with Crippen LogP contribution in [0.15, 0.2) is 54.6 Å². The van der Waals surface area contributed by atoms with Crippen LogP contribution in [0.25, 0.3) is 0 Å². The van der Waals surface area contributed by atoms with E-state index in [1.54, 1.807) is 24.3 Å². The van der Waals surface area contributed by atoms with Crippen LogP contribution in [0.4, 0.5) is 26.1 Å². The topological polar surface area (TPSA) is 66.9 Å². The highest BCUT2D eigenvalue weighted by Gasteiger charge is 2.08. The SMILES string of the molecule is O=C(Nc1ccc(Nc2ccc(F)cc2F)nn1)c1ccc(Cl)cc1. The van der Waals surface area contributed by atoms with Gasteiger partial charge in [-0.3, -0.25) is 4.79 Å². The van der Waals surface area contributed by atoms with Crippen molar-refractivity contribution in [1.29, 1.82) is 0 Å². The van der Waals surface area contributed by atoms with Gasteiger partial charge in [0.15, 0.2) is 11.6 Å². The minimum absolute atomic E-state index is 0.0636. The van der Waals surface area contributed by atoms with Crippen molar-refractivity contribution in [3.8, 4) is 0 Å². The summed E-state index contributed by atoms with van der Waals surface area (Å²) in [7, 11) is 0. The predicted octanol–water partition coefficient (Wildman–Crippen LogP) is 4.40. The van der Waals surface area contributed by atoms with Crippen molar-refractivity contribution < 1.29 is 13.6 Å².